The zero-order valence-electron chi connectivity index (χ0n) is 15.7. The smallest absolute Gasteiger partial charge is 0.373 e. The number of anilines is 1. The topological polar surface area (TPSA) is 52.7 Å². The molecule has 0 aromatic heterocycles. The number of carbonyl (C=O) groups excluding carboxylic acids is 2. The van der Waals surface area contributed by atoms with Gasteiger partial charge >= 0.3 is 6.18 Å². The summed E-state index contributed by atoms with van der Waals surface area (Å²) in [6.07, 6.45) is -3.69. The van der Waals surface area contributed by atoms with Gasteiger partial charge in [0, 0.05) is 33.6 Å². The van der Waals surface area contributed by atoms with Crippen LogP contribution in [0.2, 0.25) is 0 Å². The summed E-state index contributed by atoms with van der Waals surface area (Å²) in [4.78, 5) is 27.3. The molecule has 2 atom stereocenters. The number of nitrogens with one attached hydrogen (secondary N) is 1. The first-order valence-electron chi connectivity index (χ1n) is 8.40. The third kappa shape index (κ3) is 4.18. The Kier molecular flexibility index (Phi) is 6.16. The largest absolute Gasteiger partial charge is 0.431 e. The summed E-state index contributed by atoms with van der Waals surface area (Å²) in [6.45, 7) is 3.36. The Morgan fingerprint density at radius 3 is 2.43 bits per heavy atom. The molecule has 1 fully saturated rings. The molecule has 0 radical (unpaired) electrons. The number of hydrogen-bond donors (Lipinski definition) is 1. The minimum Gasteiger partial charge on any atom is -0.373 e. The number of hydrogen-bond acceptors (Lipinski definition) is 3. The molecule has 0 spiro atoms. The highest BCUT2D eigenvalue weighted by Crippen LogP contribution is 2.39. The fourth-order valence-electron chi connectivity index (χ4n) is 3.34. The molecule has 0 aliphatic carbocycles. The Balaban J connectivity index is 2.49. The number of nitrogens with zero attached hydrogens (tertiary/aromatic N) is 2. The molecular formula is C19H21F4N3O2. The lowest BCUT2D eigenvalue weighted by Crippen LogP contribution is -2.35. The van der Waals surface area contributed by atoms with E-state index in [1.54, 1.807) is 0 Å². The first kappa shape index (κ1) is 21.5. The van der Waals surface area contributed by atoms with Crippen LogP contribution in [-0.2, 0) is 9.59 Å². The average Bonchev–Trinajstić information content (AvgIpc) is 2.88. The van der Waals surface area contributed by atoms with Gasteiger partial charge in [-0.15, -0.1) is 0 Å². The molecule has 2 amide bonds. The molecule has 1 aliphatic rings. The van der Waals surface area contributed by atoms with Gasteiger partial charge in [0.05, 0.1) is 5.69 Å². The van der Waals surface area contributed by atoms with Crippen LogP contribution in [0.5, 0.6) is 0 Å². The van der Waals surface area contributed by atoms with Crippen molar-refractivity contribution in [2.75, 3.05) is 33.0 Å². The summed E-state index contributed by atoms with van der Waals surface area (Å²) in [6, 6.07) is 5.34. The molecule has 9 heteroatoms. The summed E-state index contributed by atoms with van der Waals surface area (Å²) in [5, 5.41) is 2.31. The van der Waals surface area contributed by atoms with Crippen molar-refractivity contribution in [3.05, 3.63) is 54.0 Å². The van der Waals surface area contributed by atoms with Crippen LogP contribution in [0.4, 0.5) is 23.2 Å². The van der Waals surface area contributed by atoms with Crippen molar-refractivity contribution in [1.29, 1.82) is 0 Å². The number of amides is 2. The lowest BCUT2D eigenvalue weighted by molar-refractivity contribution is -0.135. The van der Waals surface area contributed by atoms with Crippen molar-refractivity contribution in [1.82, 2.24) is 9.80 Å². The molecule has 0 saturated carbocycles. The third-order valence-electron chi connectivity index (χ3n) is 4.54. The molecule has 5 nitrogen and oxygen atoms in total. The van der Waals surface area contributed by atoms with E-state index in [2.05, 4.69) is 11.9 Å². The summed E-state index contributed by atoms with van der Waals surface area (Å²) in [5.41, 5.74) is -1.40. The van der Waals surface area contributed by atoms with Crippen LogP contribution in [0.15, 0.2) is 48.2 Å². The summed E-state index contributed by atoms with van der Waals surface area (Å²) in [5.74, 6) is -4.74. The molecule has 1 heterocycles. The lowest BCUT2D eigenvalue weighted by Gasteiger charge is -2.27. The fourth-order valence-corrected chi connectivity index (χ4v) is 3.34. The van der Waals surface area contributed by atoms with Gasteiger partial charge in [-0.2, -0.15) is 13.2 Å². The zero-order valence-corrected chi connectivity index (χ0v) is 15.7. The molecule has 28 heavy (non-hydrogen) atoms. The van der Waals surface area contributed by atoms with Crippen LogP contribution < -0.4 is 5.32 Å². The van der Waals surface area contributed by atoms with E-state index in [1.807, 2.05) is 0 Å². The summed E-state index contributed by atoms with van der Waals surface area (Å²) >= 11 is 0. The van der Waals surface area contributed by atoms with E-state index in [0.717, 1.165) is 17.0 Å². The van der Waals surface area contributed by atoms with Crippen molar-refractivity contribution in [2.45, 2.75) is 6.18 Å². The second-order valence-electron chi connectivity index (χ2n) is 6.67. The average molecular weight is 399 g/mol. The Morgan fingerprint density at radius 2 is 1.93 bits per heavy atom. The Labute approximate surface area is 160 Å². The number of carbonyl (C=O) groups is 2. The normalized spacial score (nSPS) is 20.7. The molecular weight excluding hydrogens is 378 g/mol. The fraction of sp³-hybridized carbons (Fsp3) is 0.368. The lowest BCUT2D eigenvalue weighted by atomic mass is 9.85. The van der Waals surface area contributed by atoms with Gasteiger partial charge in [-0.3, -0.25) is 9.59 Å². The van der Waals surface area contributed by atoms with Gasteiger partial charge in [0.1, 0.15) is 17.4 Å². The van der Waals surface area contributed by atoms with E-state index < -0.39 is 41.3 Å². The maximum Gasteiger partial charge on any atom is 0.431 e. The second kappa shape index (κ2) is 8.04. The molecule has 1 saturated heterocycles. The van der Waals surface area contributed by atoms with Crippen molar-refractivity contribution in [2.24, 2.45) is 11.8 Å². The van der Waals surface area contributed by atoms with Gasteiger partial charge in [0.15, 0.2) is 0 Å². The standard InChI is InChI=1S/C19H21F4N3O2/c1-5-11(16(25(2)3)19(21,22)23)12-10-26(4)18(28)15(12)17(27)24-14-9-7-6-8-13(14)20/h5-9,12,15H,1,10H2,2-4H3,(H,24,27)/b16-11+/t12-,15+/m1/s1. The number of likely N-dealkylation sites (tertiary alicyclic amines) is 1. The SMILES string of the molecule is C=C/C(=C(\N(C)C)C(F)(F)F)[C@H]1CN(C)C(=O)[C@@H]1C(=O)Nc1ccccc1F. The van der Waals surface area contributed by atoms with Crippen molar-refractivity contribution < 1.29 is 27.2 Å². The van der Waals surface area contributed by atoms with Gasteiger partial charge in [0.2, 0.25) is 11.8 Å². The molecule has 0 unspecified atom stereocenters. The number of alkyl halides is 3. The van der Waals surface area contributed by atoms with Gasteiger partial charge in [-0.05, 0) is 17.7 Å². The predicted octanol–water partition coefficient (Wildman–Crippen LogP) is 3.03. The first-order valence-corrected chi connectivity index (χ1v) is 8.40. The third-order valence-corrected chi connectivity index (χ3v) is 4.54. The minimum absolute atomic E-state index is 0.0943. The van der Waals surface area contributed by atoms with Gasteiger partial charge in [-0.25, -0.2) is 4.39 Å². The zero-order chi connectivity index (χ0) is 21.2. The number of halogens is 4. The number of allylic oxidation sites excluding steroid dienone is 2. The summed E-state index contributed by atoms with van der Waals surface area (Å²) < 4.78 is 54.6. The van der Waals surface area contributed by atoms with Crippen LogP contribution in [0.25, 0.3) is 0 Å². The van der Waals surface area contributed by atoms with Crippen LogP contribution >= 0.6 is 0 Å². The van der Waals surface area contributed by atoms with E-state index >= 15 is 0 Å². The van der Waals surface area contributed by atoms with Crippen LogP contribution in [0.3, 0.4) is 0 Å². The van der Waals surface area contributed by atoms with Crippen LogP contribution in [0, 0.1) is 17.7 Å². The highest BCUT2D eigenvalue weighted by atomic mass is 19.4. The maximum atomic E-state index is 13.8. The quantitative estimate of drug-likeness (QED) is 0.471. The van der Waals surface area contributed by atoms with E-state index in [4.69, 9.17) is 0 Å². The molecule has 152 valence electrons. The van der Waals surface area contributed by atoms with Gasteiger partial charge < -0.3 is 15.1 Å². The van der Waals surface area contributed by atoms with E-state index in [1.165, 1.54) is 44.2 Å². The highest BCUT2D eigenvalue weighted by Gasteiger charge is 2.48. The Hall–Kier alpha value is -2.84. The molecule has 0 bridgehead atoms. The van der Waals surface area contributed by atoms with E-state index in [0.29, 0.717) is 0 Å². The van der Waals surface area contributed by atoms with E-state index in [9.17, 15) is 27.2 Å². The molecule has 1 N–H and O–H groups in total. The number of para-hydroxylation sites is 1. The van der Waals surface area contributed by atoms with Crippen LogP contribution in [0.1, 0.15) is 0 Å². The van der Waals surface area contributed by atoms with Gasteiger partial charge in [0.25, 0.3) is 0 Å². The molecule has 1 aromatic carbocycles. The minimum atomic E-state index is -4.70. The highest BCUT2D eigenvalue weighted by molar-refractivity contribution is 6.08. The van der Waals surface area contributed by atoms with Crippen molar-refractivity contribution in [3.63, 3.8) is 0 Å². The first-order chi connectivity index (χ1) is 13.0. The molecule has 2 rings (SSSR count). The second-order valence-corrected chi connectivity index (χ2v) is 6.67. The Bertz CT molecular complexity index is 818. The van der Waals surface area contributed by atoms with Crippen LogP contribution in [-0.4, -0.2) is 55.5 Å². The molecule has 1 aliphatic heterocycles. The maximum absolute atomic E-state index is 13.8. The summed E-state index contributed by atoms with van der Waals surface area (Å²) in [7, 11) is 3.85. The van der Waals surface area contributed by atoms with Crippen molar-refractivity contribution >= 4 is 17.5 Å². The van der Waals surface area contributed by atoms with Crippen molar-refractivity contribution in [3.8, 4) is 0 Å². The molecule has 1 aromatic rings. The number of benzene rings is 1. The van der Waals surface area contributed by atoms with Gasteiger partial charge in [-0.1, -0.05) is 24.8 Å². The number of rotatable bonds is 5. The monoisotopic (exact) mass is 399 g/mol. The van der Waals surface area contributed by atoms with E-state index in [-0.39, 0.29) is 17.8 Å². The predicted molar refractivity (Wildman–Crippen MR) is 96.6 cm³/mol. The Morgan fingerprint density at radius 1 is 1.32 bits per heavy atom.